The zero-order chi connectivity index (χ0) is 19.6. The van der Waals surface area contributed by atoms with Crippen LogP contribution in [0.5, 0.6) is 5.75 Å². The molecular weight excluding hydrogens is 358 g/mol. The molecule has 0 N–H and O–H groups in total. The molecule has 2 aromatic rings. The van der Waals surface area contributed by atoms with E-state index < -0.39 is 0 Å². The number of hydrogen-bond donors (Lipinski definition) is 0. The summed E-state index contributed by atoms with van der Waals surface area (Å²) in [4.78, 5) is 28.0. The fourth-order valence-corrected chi connectivity index (χ4v) is 3.90. The van der Waals surface area contributed by atoms with Crippen molar-refractivity contribution in [3.8, 4) is 5.75 Å². The molecule has 0 spiro atoms. The Balaban J connectivity index is 2.01. The molecule has 0 saturated carbocycles. The van der Waals surface area contributed by atoms with Gasteiger partial charge in [0.15, 0.2) is 0 Å². The minimum Gasteiger partial charge on any atom is -0.497 e. The van der Waals surface area contributed by atoms with E-state index in [2.05, 4.69) is 13.8 Å². The van der Waals surface area contributed by atoms with Crippen LogP contribution in [0.4, 0.5) is 5.69 Å². The Morgan fingerprint density at radius 1 is 0.963 bits per heavy atom. The highest BCUT2D eigenvalue weighted by Crippen LogP contribution is 2.38. The average Bonchev–Trinajstić information content (AvgIpc) is 2.92. The van der Waals surface area contributed by atoms with Crippen molar-refractivity contribution in [2.75, 3.05) is 17.8 Å². The second-order valence-corrected chi connectivity index (χ2v) is 7.83. The van der Waals surface area contributed by atoms with E-state index in [0.717, 1.165) is 5.56 Å². The molecular formula is C22H23NO3S. The second-order valence-electron chi connectivity index (χ2n) is 6.56. The van der Waals surface area contributed by atoms with Crippen molar-refractivity contribution in [3.05, 3.63) is 64.6 Å². The Morgan fingerprint density at radius 3 is 2.11 bits per heavy atom. The Kier molecular flexibility index (Phi) is 5.71. The molecule has 0 aliphatic carbocycles. The fourth-order valence-electron chi connectivity index (χ4n) is 3.04. The van der Waals surface area contributed by atoms with Gasteiger partial charge in [0.2, 0.25) is 0 Å². The van der Waals surface area contributed by atoms with E-state index in [0.29, 0.717) is 33.6 Å². The van der Waals surface area contributed by atoms with Crippen molar-refractivity contribution >= 4 is 34.8 Å². The summed E-state index contributed by atoms with van der Waals surface area (Å²) < 4.78 is 5.19. The lowest BCUT2D eigenvalue weighted by Gasteiger charge is -2.16. The average molecular weight is 381 g/mol. The number of methoxy groups -OCH3 is 1. The normalized spacial score (nSPS) is 14.5. The number of nitrogens with zero attached hydrogens (tertiary/aromatic N) is 1. The molecule has 0 atom stereocenters. The van der Waals surface area contributed by atoms with E-state index in [4.69, 9.17) is 4.74 Å². The Labute approximate surface area is 164 Å². The lowest BCUT2D eigenvalue weighted by Crippen LogP contribution is -2.31. The van der Waals surface area contributed by atoms with E-state index in [1.54, 1.807) is 19.2 Å². The second kappa shape index (κ2) is 8.01. The quantitative estimate of drug-likeness (QED) is 0.671. The minimum atomic E-state index is -0.279. The van der Waals surface area contributed by atoms with Crippen LogP contribution in [-0.2, 0) is 9.59 Å². The molecule has 2 amide bonds. The molecule has 5 heteroatoms. The molecule has 1 aliphatic heterocycles. The van der Waals surface area contributed by atoms with Crippen molar-refractivity contribution in [1.29, 1.82) is 0 Å². The van der Waals surface area contributed by atoms with Crippen LogP contribution in [-0.4, -0.2) is 24.7 Å². The van der Waals surface area contributed by atoms with Crippen molar-refractivity contribution in [3.63, 3.8) is 0 Å². The van der Waals surface area contributed by atoms with Crippen molar-refractivity contribution in [2.24, 2.45) is 0 Å². The van der Waals surface area contributed by atoms with Crippen molar-refractivity contribution in [2.45, 2.75) is 26.7 Å². The summed E-state index contributed by atoms with van der Waals surface area (Å²) in [6.07, 6.45) is 0. The number of imide groups is 1. The smallest absolute Gasteiger partial charge is 0.272 e. The number of carbonyl (C=O) groups excluding carboxylic acids is 2. The molecule has 0 fully saturated rings. The van der Waals surface area contributed by atoms with E-state index in [1.807, 2.05) is 43.3 Å². The van der Waals surface area contributed by atoms with Gasteiger partial charge in [-0.1, -0.05) is 45.0 Å². The van der Waals surface area contributed by atoms with E-state index in [1.165, 1.54) is 22.2 Å². The monoisotopic (exact) mass is 381 g/mol. The molecule has 0 unspecified atom stereocenters. The van der Waals surface area contributed by atoms with Crippen LogP contribution in [0.2, 0.25) is 0 Å². The van der Waals surface area contributed by atoms with Gasteiger partial charge in [-0.2, -0.15) is 0 Å². The first-order valence-corrected chi connectivity index (χ1v) is 9.96. The van der Waals surface area contributed by atoms with Crippen molar-refractivity contribution in [1.82, 2.24) is 0 Å². The first-order valence-electron chi connectivity index (χ1n) is 8.98. The number of hydrogen-bond acceptors (Lipinski definition) is 4. The highest BCUT2D eigenvalue weighted by molar-refractivity contribution is 8.04. The molecule has 0 aromatic heterocycles. The van der Waals surface area contributed by atoms with Crippen LogP contribution < -0.4 is 9.64 Å². The third-order valence-electron chi connectivity index (χ3n) is 4.53. The van der Waals surface area contributed by atoms with Crippen LogP contribution in [0, 0.1) is 0 Å². The summed E-state index contributed by atoms with van der Waals surface area (Å²) in [6, 6.07) is 14.9. The first kappa shape index (κ1) is 19.2. The SMILES string of the molecule is CCSC1=C(c2ccc(OC)cc2)C(=O)N(c2ccc(C(C)C)cc2)C1=O. The number of amides is 2. The summed E-state index contributed by atoms with van der Waals surface area (Å²) in [5, 5.41) is 0. The summed E-state index contributed by atoms with van der Waals surface area (Å²) in [7, 11) is 1.60. The maximum atomic E-state index is 13.2. The van der Waals surface area contributed by atoms with Gasteiger partial charge >= 0.3 is 0 Å². The van der Waals surface area contributed by atoms with Gasteiger partial charge in [-0.3, -0.25) is 9.59 Å². The largest absolute Gasteiger partial charge is 0.497 e. The van der Waals surface area contributed by atoms with Crippen LogP contribution in [0.1, 0.15) is 37.8 Å². The van der Waals surface area contributed by atoms with Crippen LogP contribution in [0.25, 0.3) is 5.57 Å². The number of thioether (sulfide) groups is 1. The van der Waals surface area contributed by atoms with Crippen LogP contribution in [0.3, 0.4) is 0 Å². The molecule has 0 bridgehead atoms. The van der Waals surface area contributed by atoms with Crippen molar-refractivity contribution < 1.29 is 14.3 Å². The Bertz CT molecular complexity index is 883. The highest BCUT2D eigenvalue weighted by atomic mass is 32.2. The van der Waals surface area contributed by atoms with Gasteiger partial charge in [0.1, 0.15) is 5.75 Å². The third-order valence-corrected chi connectivity index (χ3v) is 5.48. The molecule has 1 aliphatic rings. The molecule has 2 aromatic carbocycles. The fraction of sp³-hybridized carbons (Fsp3) is 0.273. The van der Waals surface area contributed by atoms with E-state index >= 15 is 0 Å². The molecule has 3 rings (SSSR count). The minimum absolute atomic E-state index is 0.255. The molecule has 1 heterocycles. The van der Waals surface area contributed by atoms with E-state index in [-0.39, 0.29) is 11.8 Å². The van der Waals surface area contributed by atoms with Gasteiger partial charge in [-0.25, -0.2) is 4.90 Å². The number of rotatable bonds is 6. The lowest BCUT2D eigenvalue weighted by molar-refractivity contribution is -0.119. The molecule has 140 valence electrons. The third kappa shape index (κ3) is 3.65. The lowest BCUT2D eigenvalue weighted by atomic mass is 10.0. The first-order chi connectivity index (χ1) is 13.0. The van der Waals surface area contributed by atoms with Crippen LogP contribution in [0.15, 0.2) is 53.4 Å². The number of carbonyl (C=O) groups is 2. The summed E-state index contributed by atoms with van der Waals surface area (Å²) in [5.74, 6) is 1.28. The van der Waals surface area contributed by atoms with Gasteiger partial charge in [-0.05, 0) is 47.1 Å². The molecule has 0 radical (unpaired) electrons. The number of anilines is 1. The number of ether oxygens (including phenoxy) is 1. The summed E-state index contributed by atoms with van der Waals surface area (Å²) in [6.45, 7) is 6.20. The highest BCUT2D eigenvalue weighted by Gasteiger charge is 2.39. The van der Waals surface area contributed by atoms with Gasteiger partial charge in [0, 0.05) is 0 Å². The van der Waals surface area contributed by atoms with Gasteiger partial charge in [0.05, 0.1) is 23.3 Å². The molecule has 4 nitrogen and oxygen atoms in total. The Hall–Kier alpha value is -2.53. The zero-order valence-electron chi connectivity index (χ0n) is 16.0. The maximum Gasteiger partial charge on any atom is 0.272 e. The summed E-state index contributed by atoms with van der Waals surface area (Å²) >= 11 is 1.41. The standard InChI is InChI=1S/C22H23NO3S/c1-5-27-20-19(16-8-12-18(26-4)13-9-16)21(24)23(22(20)25)17-10-6-15(7-11-17)14(2)3/h6-14H,5H2,1-4H3. The molecule has 27 heavy (non-hydrogen) atoms. The van der Waals surface area contributed by atoms with Gasteiger partial charge in [0.25, 0.3) is 11.8 Å². The van der Waals surface area contributed by atoms with Crippen LogP contribution >= 0.6 is 11.8 Å². The summed E-state index contributed by atoms with van der Waals surface area (Å²) in [5.41, 5.74) is 2.96. The van der Waals surface area contributed by atoms with E-state index in [9.17, 15) is 9.59 Å². The number of benzene rings is 2. The predicted molar refractivity (Wildman–Crippen MR) is 111 cm³/mol. The maximum absolute atomic E-state index is 13.2. The topological polar surface area (TPSA) is 46.6 Å². The Morgan fingerprint density at radius 2 is 1.59 bits per heavy atom. The van der Waals surface area contributed by atoms with Gasteiger partial charge in [-0.15, -0.1) is 11.8 Å². The zero-order valence-corrected chi connectivity index (χ0v) is 16.8. The molecule has 0 saturated heterocycles. The predicted octanol–water partition coefficient (Wildman–Crippen LogP) is 4.86. The van der Waals surface area contributed by atoms with Gasteiger partial charge < -0.3 is 4.74 Å².